The summed E-state index contributed by atoms with van der Waals surface area (Å²) < 4.78 is 5.74. The SMILES string of the molecule is CCOc1ccccc1-c1cccc2c(N)cccc12. The zero-order chi connectivity index (χ0) is 13.9. The first kappa shape index (κ1) is 12.5. The number of hydrogen-bond donors (Lipinski definition) is 1. The van der Waals surface area contributed by atoms with Gasteiger partial charge in [-0.2, -0.15) is 0 Å². The summed E-state index contributed by atoms with van der Waals surface area (Å²) in [7, 11) is 0. The fraction of sp³-hybridized carbons (Fsp3) is 0.111. The Balaban J connectivity index is 2.28. The molecule has 0 unspecified atom stereocenters. The minimum atomic E-state index is 0.657. The molecule has 0 fully saturated rings. The third kappa shape index (κ3) is 2.10. The van der Waals surface area contributed by atoms with Crippen LogP contribution in [0.5, 0.6) is 5.75 Å². The van der Waals surface area contributed by atoms with Gasteiger partial charge in [0.25, 0.3) is 0 Å². The normalized spacial score (nSPS) is 10.7. The molecule has 100 valence electrons. The number of nitrogens with two attached hydrogens (primary N) is 1. The van der Waals surface area contributed by atoms with Crippen LogP contribution in [0, 0.1) is 0 Å². The Kier molecular flexibility index (Phi) is 3.30. The second kappa shape index (κ2) is 5.25. The van der Waals surface area contributed by atoms with Crippen molar-refractivity contribution in [1.82, 2.24) is 0 Å². The number of ether oxygens (including phenoxy) is 1. The Morgan fingerprint density at radius 1 is 0.800 bits per heavy atom. The van der Waals surface area contributed by atoms with E-state index in [1.807, 2.05) is 43.3 Å². The van der Waals surface area contributed by atoms with Crippen LogP contribution in [-0.4, -0.2) is 6.61 Å². The smallest absolute Gasteiger partial charge is 0.127 e. The van der Waals surface area contributed by atoms with E-state index in [9.17, 15) is 0 Å². The molecule has 0 aromatic heterocycles. The van der Waals surface area contributed by atoms with Crippen LogP contribution in [-0.2, 0) is 0 Å². The Bertz CT molecular complexity index is 749. The van der Waals surface area contributed by atoms with Crippen molar-refractivity contribution in [1.29, 1.82) is 0 Å². The van der Waals surface area contributed by atoms with E-state index in [4.69, 9.17) is 10.5 Å². The van der Waals surface area contributed by atoms with Crippen LogP contribution in [0.15, 0.2) is 60.7 Å². The molecule has 2 heteroatoms. The molecule has 0 aliphatic rings. The van der Waals surface area contributed by atoms with E-state index in [0.717, 1.165) is 33.3 Å². The Hall–Kier alpha value is -2.48. The van der Waals surface area contributed by atoms with Crippen molar-refractivity contribution < 1.29 is 4.74 Å². The predicted molar refractivity (Wildman–Crippen MR) is 85.0 cm³/mol. The van der Waals surface area contributed by atoms with Crippen molar-refractivity contribution in [3.05, 3.63) is 60.7 Å². The van der Waals surface area contributed by atoms with E-state index in [1.54, 1.807) is 0 Å². The van der Waals surface area contributed by atoms with Crippen LogP contribution in [0.4, 0.5) is 5.69 Å². The monoisotopic (exact) mass is 263 g/mol. The molecule has 0 amide bonds. The van der Waals surface area contributed by atoms with Gasteiger partial charge in [-0.3, -0.25) is 0 Å². The van der Waals surface area contributed by atoms with E-state index < -0.39 is 0 Å². The molecule has 0 spiro atoms. The number of rotatable bonds is 3. The summed E-state index contributed by atoms with van der Waals surface area (Å²) in [6, 6.07) is 20.3. The molecule has 20 heavy (non-hydrogen) atoms. The highest BCUT2D eigenvalue weighted by atomic mass is 16.5. The van der Waals surface area contributed by atoms with Gasteiger partial charge >= 0.3 is 0 Å². The molecular weight excluding hydrogens is 246 g/mol. The van der Waals surface area contributed by atoms with Crippen LogP contribution in [0.3, 0.4) is 0 Å². The lowest BCUT2D eigenvalue weighted by atomic mass is 9.97. The van der Waals surface area contributed by atoms with E-state index in [0.29, 0.717) is 6.61 Å². The molecular formula is C18H17NO. The molecule has 0 aliphatic heterocycles. The van der Waals surface area contributed by atoms with Gasteiger partial charge in [0.2, 0.25) is 0 Å². The minimum absolute atomic E-state index is 0.657. The first-order chi connectivity index (χ1) is 9.81. The number of benzene rings is 3. The largest absolute Gasteiger partial charge is 0.493 e. The first-order valence-corrected chi connectivity index (χ1v) is 6.80. The van der Waals surface area contributed by atoms with Crippen molar-refractivity contribution >= 4 is 16.5 Å². The van der Waals surface area contributed by atoms with Gasteiger partial charge in [0.05, 0.1) is 6.61 Å². The van der Waals surface area contributed by atoms with E-state index in [1.165, 1.54) is 0 Å². The van der Waals surface area contributed by atoms with Gasteiger partial charge in [-0.05, 0) is 30.0 Å². The van der Waals surface area contributed by atoms with E-state index in [-0.39, 0.29) is 0 Å². The van der Waals surface area contributed by atoms with Crippen LogP contribution >= 0.6 is 0 Å². The summed E-state index contributed by atoms with van der Waals surface area (Å²) in [6.07, 6.45) is 0. The number of para-hydroxylation sites is 1. The van der Waals surface area contributed by atoms with Gasteiger partial charge in [0.15, 0.2) is 0 Å². The van der Waals surface area contributed by atoms with Gasteiger partial charge in [-0.1, -0.05) is 48.5 Å². The molecule has 2 nitrogen and oxygen atoms in total. The second-order valence-electron chi connectivity index (χ2n) is 4.68. The Morgan fingerprint density at radius 2 is 1.50 bits per heavy atom. The maximum Gasteiger partial charge on any atom is 0.127 e. The molecule has 0 aliphatic carbocycles. The molecule has 0 atom stereocenters. The number of fused-ring (bicyclic) bond motifs is 1. The van der Waals surface area contributed by atoms with Crippen LogP contribution < -0.4 is 10.5 Å². The topological polar surface area (TPSA) is 35.2 Å². The average molecular weight is 263 g/mol. The third-order valence-corrected chi connectivity index (χ3v) is 3.43. The van der Waals surface area contributed by atoms with Crippen molar-refractivity contribution in [3.63, 3.8) is 0 Å². The van der Waals surface area contributed by atoms with Crippen LogP contribution in [0.2, 0.25) is 0 Å². The van der Waals surface area contributed by atoms with Crippen LogP contribution in [0.25, 0.3) is 21.9 Å². The molecule has 3 rings (SSSR count). The van der Waals surface area contributed by atoms with E-state index >= 15 is 0 Å². The summed E-state index contributed by atoms with van der Waals surface area (Å²) in [5.41, 5.74) is 9.13. The fourth-order valence-electron chi connectivity index (χ4n) is 2.54. The second-order valence-corrected chi connectivity index (χ2v) is 4.68. The molecule has 3 aromatic carbocycles. The van der Waals surface area contributed by atoms with Crippen molar-refractivity contribution in [3.8, 4) is 16.9 Å². The molecule has 0 heterocycles. The third-order valence-electron chi connectivity index (χ3n) is 3.43. The average Bonchev–Trinajstić information content (AvgIpc) is 2.48. The molecule has 0 saturated carbocycles. The summed E-state index contributed by atoms with van der Waals surface area (Å²) in [5, 5.41) is 2.23. The Labute approximate surface area is 118 Å². The highest BCUT2D eigenvalue weighted by molar-refractivity contribution is 6.03. The maximum atomic E-state index is 6.07. The van der Waals surface area contributed by atoms with Crippen molar-refractivity contribution in [2.45, 2.75) is 6.92 Å². The lowest BCUT2D eigenvalue weighted by Crippen LogP contribution is -1.94. The zero-order valence-corrected chi connectivity index (χ0v) is 11.5. The standard InChI is InChI=1S/C18H17NO/c1-2-20-18-12-4-3-7-16(18)14-8-5-10-15-13(14)9-6-11-17(15)19/h3-12H,2,19H2,1H3. The van der Waals surface area contributed by atoms with E-state index in [2.05, 4.69) is 24.3 Å². The highest BCUT2D eigenvalue weighted by Gasteiger charge is 2.09. The molecule has 3 aromatic rings. The summed E-state index contributed by atoms with van der Waals surface area (Å²) in [6.45, 7) is 2.65. The minimum Gasteiger partial charge on any atom is -0.493 e. The fourth-order valence-corrected chi connectivity index (χ4v) is 2.54. The van der Waals surface area contributed by atoms with Crippen LogP contribution in [0.1, 0.15) is 6.92 Å². The molecule has 0 saturated heterocycles. The lowest BCUT2D eigenvalue weighted by Gasteiger charge is -2.13. The lowest BCUT2D eigenvalue weighted by molar-refractivity contribution is 0.341. The number of nitrogen functional groups attached to an aromatic ring is 1. The predicted octanol–water partition coefficient (Wildman–Crippen LogP) is 4.49. The van der Waals surface area contributed by atoms with Crippen molar-refractivity contribution in [2.24, 2.45) is 0 Å². The van der Waals surface area contributed by atoms with Gasteiger partial charge in [-0.25, -0.2) is 0 Å². The zero-order valence-electron chi connectivity index (χ0n) is 11.5. The van der Waals surface area contributed by atoms with Gasteiger partial charge in [0, 0.05) is 16.6 Å². The van der Waals surface area contributed by atoms with Gasteiger partial charge in [0.1, 0.15) is 5.75 Å². The first-order valence-electron chi connectivity index (χ1n) is 6.80. The van der Waals surface area contributed by atoms with Gasteiger partial charge in [-0.15, -0.1) is 0 Å². The summed E-state index contributed by atoms with van der Waals surface area (Å²) in [4.78, 5) is 0. The summed E-state index contributed by atoms with van der Waals surface area (Å²) in [5.74, 6) is 0.907. The maximum absolute atomic E-state index is 6.07. The molecule has 0 radical (unpaired) electrons. The number of hydrogen-bond acceptors (Lipinski definition) is 2. The van der Waals surface area contributed by atoms with Gasteiger partial charge < -0.3 is 10.5 Å². The highest BCUT2D eigenvalue weighted by Crippen LogP contribution is 2.36. The molecule has 2 N–H and O–H groups in total. The Morgan fingerprint density at radius 3 is 2.35 bits per heavy atom. The summed E-state index contributed by atoms with van der Waals surface area (Å²) >= 11 is 0. The quantitative estimate of drug-likeness (QED) is 0.707. The van der Waals surface area contributed by atoms with Crippen molar-refractivity contribution in [2.75, 3.05) is 12.3 Å². The number of anilines is 1. The molecule has 0 bridgehead atoms.